The molecular formula is C18H24ClN9O4. The Balaban J connectivity index is 0.00000363. The van der Waals surface area contributed by atoms with Crippen LogP contribution in [0.15, 0.2) is 27.9 Å². The largest absolute Gasteiger partial charge is 0.504 e. The lowest BCUT2D eigenvalue weighted by molar-refractivity contribution is 0.0945. The summed E-state index contributed by atoms with van der Waals surface area (Å²) >= 11 is 0. The number of hydrogen-bond acceptors (Lipinski definition) is 11. The molecule has 172 valence electrons. The van der Waals surface area contributed by atoms with Gasteiger partial charge in [-0.2, -0.15) is 9.78 Å². The van der Waals surface area contributed by atoms with E-state index in [9.17, 15) is 9.90 Å². The molecule has 14 heteroatoms. The number of carbonyl (C=O) groups excluding carboxylic acids is 1. The Morgan fingerprint density at radius 3 is 2.72 bits per heavy atom. The standard InChI is InChI=1S/C18H23N9O4.ClH/c1-4-26(5-2)10-12-15(27(25-21-12)17-16(19)23-31-24-17)18(29)22-20-9-11-6-7-14(30-3)13(28)8-11;/h6-9,28H,4-5,10H2,1-3H3,(H2,19,23)(H,22,29);1H/b20-9+;. The molecule has 4 N–H and O–H groups in total. The number of benzene rings is 1. The zero-order valence-electron chi connectivity index (χ0n) is 17.7. The minimum absolute atomic E-state index is 0. The van der Waals surface area contributed by atoms with Gasteiger partial charge in [-0.05, 0) is 47.2 Å². The van der Waals surface area contributed by atoms with E-state index in [2.05, 4.69) is 40.7 Å². The van der Waals surface area contributed by atoms with Gasteiger partial charge in [0, 0.05) is 6.54 Å². The van der Waals surface area contributed by atoms with E-state index < -0.39 is 5.91 Å². The Labute approximate surface area is 189 Å². The number of nitrogens with one attached hydrogen (secondary N) is 1. The number of hydrogen-bond donors (Lipinski definition) is 3. The van der Waals surface area contributed by atoms with Crippen LogP contribution in [-0.4, -0.2) is 67.6 Å². The molecule has 13 nitrogen and oxygen atoms in total. The molecule has 1 aromatic carbocycles. The van der Waals surface area contributed by atoms with Crippen LogP contribution in [0.3, 0.4) is 0 Å². The molecule has 0 fully saturated rings. The van der Waals surface area contributed by atoms with Gasteiger partial charge in [0.2, 0.25) is 11.6 Å². The highest BCUT2D eigenvalue weighted by Gasteiger charge is 2.25. The molecule has 3 aromatic rings. The average Bonchev–Trinajstić information content (AvgIpc) is 3.37. The molecule has 0 aliphatic rings. The van der Waals surface area contributed by atoms with Gasteiger partial charge >= 0.3 is 0 Å². The zero-order valence-corrected chi connectivity index (χ0v) is 18.5. The van der Waals surface area contributed by atoms with Crippen molar-refractivity contribution in [2.75, 3.05) is 25.9 Å². The van der Waals surface area contributed by atoms with E-state index in [1.54, 1.807) is 12.1 Å². The number of nitrogen functional groups attached to an aromatic ring is 1. The van der Waals surface area contributed by atoms with Crippen LogP contribution in [0.4, 0.5) is 5.82 Å². The third-order valence-corrected chi connectivity index (χ3v) is 4.50. The van der Waals surface area contributed by atoms with Crippen LogP contribution in [0.2, 0.25) is 0 Å². The fourth-order valence-corrected chi connectivity index (χ4v) is 2.80. The summed E-state index contributed by atoms with van der Waals surface area (Å²) in [6, 6.07) is 4.71. The number of aromatic nitrogens is 5. The van der Waals surface area contributed by atoms with Gasteiger partial charge in [0.15, 0.2) is 17.2 Å². The number of aromatic hydroxyl groups is 1. The van der Waals surface area contributed by atoms with Crippen LogP contribution < -0.4 is 15.9 Å². The first-order chi connectivity index (χ1) is 15.0. The Morgan fingerprint density at radius 1 is 1.38 bits per heavy atom. The second-order valence-corrected chi connectivity index (χ2v) is 6.36. The van der Waals surface area contributed by atoms with Gasteiger partial charge in [-0.1, -0.05) is 19.1 Å². The van der Waals surface area contributed by atoms with Crippen LogP contribution in [0.25, 0.3) is 5.82 Å². The Morgan fingerprint density at radius 2 is 2.12 bits per heavy atom. The summed E-state index contributed by atoms with van der Waals surface area (Å²) in [5.41, 5.74) is 9.26. The number of carbonyl (C=O) groups is 1. The van der Waals surface area contributed by atoms with Crippen LogP contribution in [0.5, 0.6) is 11.5 Å². The molecule has 3 rings (SSSR count). The van der Waals surface area contributed by atoms with E-state index in [0.29, 0.717) is 23.6 Å². The van der Waals surface area contributed by atoms with E-state index in [0.717, 1.165) is 17.8 Å². The number of ether oxygens (including phenoxy) is 1. The van der Waals surface area contributed by atoms with E-state index in [4.69, 9.17) is 10.5 Å². The van der Waals surface area contributed by atoms with Gasteiger partial charge in [-0.25, -0.2) is 10.1 Å². The summed E-state index contributed by atoms with van der Waals surface area (Å²) in [5.74, 6) is -0.284. The number of nitrogens with zero attached hydrogens (tertiary/aromatic N) is 7. The predicted octanol–water partition coefficient (Wildman–Crippen LogP) is 0.974. The van der Waals surface area contributed by atoms with Crippen molar-refractivity contribution in [1.82, 2.24) is 35.6 Å². The summed E-state index contributed by atoms with van der Waals surface area (Å²) < 4.78 is 10.8. The van der Waals surface area contributed by atoms with Gasteiger partial charge in [-0.15, -0.1) is 17.5 Å². The number of halogens is 1. The molecule has 32 heavy (non-hydrogen) atoms. The number of nitrogens with two attached hydrogens (primary N) is 1. The van der Waals surface area contributed by atoms with Gasteiger partial charge in [0.1, 0.15) is 5.69 Å². The maximum Gasteiger partial charge on any atom is 0.292 e. The quantitative estimate of drug-likeness (QED) is 0.305. The first kappa shape index (κ1) is 24.6. The number of anilines is 1. The Kier molecular flexibility index (Phi) is 8.49. The molecule has 0 aliphatic heterocycles. The Hall–Kier alpha value is -3.71. The molecule has 0 bridgehead atoms. The highest BCUT2D eigenvalue weighted by molar-refractivity contribution is 5.95. The number of rotatable bonds is 9. The summed E-state index contributed by atoms with van der Waals surface area (Å²) in [6.07, 6.45) is 1.38. The van der Waals surface area contributed by atoms with Crippen molar-refractivity contribution >= 4 is 30.3 Å². The maximum atomic E-state index is 12.9. The molecule has 0 radical (unpaired) electrons. The van der Waals surface area contributed by atoms with Crippen molar-refractivity contribution < 1.29 is 19.3 Å². The molecule has 0 atom stereocenters. The lowest BCUT2D eigenvalue weighted by Gasteiger charge is -2.16. The molecular weight excluding hydrogens is 442 g/mol. The Bertz CT molecular complexity index is 1080. The molecule has 2 heterocycles. The SMILES string of the molecule is CCN(CC)Cc1nnn(-c2nonc2N)c1C(=O)N/N=C/c1ccc(OC)c(O)c1.Cl. The lowest BCUT2D eigenvalue weighted by Crippen LogP contribution is -2.27. The summed E-state index contributed by atoms with van der Waals surface area (Å²) in [4.78, 5) is 15.0. The van der Waals surface area contributed by atoms with Crippen molar-refractivity contribution in [3.63, 3.8) is 0 Å². The van der Waals surface area contributed by atoms with Gasteiger partial charge < -0.3 is 15.6 Å². The molecule has 1 amide bonds. The average molecular weight is 466 g/mol. The molecule has 0 spiro atoms. The highest BCUT2D eigenvalue weighted by Crippen LogP contribution is 2.25. The molecule has 0 saturated heterocycles. The van der Waals surface area contributed by atoms with Crippen molar-refractivity contribution in [1.29, 1.82) is 0 Å². The van der Waals surface area contributed by atoms with E-state index in [-0.39, 0.29) is 35.5 Å². The number of hydrazone groups is 1. The maximum absolute atomic E-state index is 12.9. The van der Waals surface area contributed by atoms with E-state index >= 15 is 0 Å². The number of phenols is 1. The minimum atomic E-state index is -0.580. The van der Waals surface area contributed by atoms with Gasteiger partial charge in [0.05, 0.1) is 13.3 Å². The van der Waals surface area contributed by atoms with Gasteiger partial charge in [-0.3, -0.25) is 9.69 Å². The topological polar surface area (TPSA) is 170 Å². The van der Waals surface area contributed by atoms with Crippen molar-refractivity contribution in [3.05, 3.63) is 35.2 Å². The van der Waals surface area contributed by atoms with Crippen LogP contribution >= 0.6 is 12.4 Å². The van der Waals surface area contributed by atoms with Crippen LogP contribution in [0, 0.1) is 0 Å². The monoisotopic (exact) mass is 465 g/mol. The first-order valence-electron chi connectivity index (χ1n) is 9.44. The molecule has 0 unspecified atom stereocenters. The predicted molar refractivity (Wildman–Crippen MR) is 117 cm³/mol. The summed E-state index contributed by atoms with van der Waals surface area (Å²) in [7, 11) is 1.45. The second-order valence-electron chi connectivity index (χ2n) is 6.36. The highest BCUT2D eigenvalue weighted by atomic mass is 35.5. The summed E-state index contributed by atoms with van der Waals surface area (Å²) in [5, 5.41) is 29.1. The number of phenolic OH excluding ortho intramolecular Hbond substituents is 1. The minimum Gasteiger partial charge on any atom is -0.504 e. The molecule has 2 aromatic heterocycles. The molecule has 0 saturated carbocycles. The van der Waals surface area contributed by atoms with Crippen LogP contribution in [0.1, 0.15) is 35.6 Å². The lowest BCUT2D eigenvalue weighted by atomic mass is 10.2. The van der Waals surface area contributed by atoms with E-state index in [1.165, 1.54) is 19.4 Å². The fraction of sp³-hybridized carbons (Fsp3) is 0.333. The first-order valence-corrected chi connectivity index (χ1v) is 9.44. The van der Waals surface area contributed by atoms with Crippen LogP contribution in [-0.2, 0) is 6.54 Å². The third kappa shape index (κ3) is 5.31. The van der Waals surface area contributed by atoms with Crippen molar-refractivity contribution in [3.8, 4) is 17.3 Å². The van der Waals surface area contributed by atoms with E-state index in [1.807, 2.05) is 13.8 Å². The normalized spacial score (nSPS) is 11.0. The van der Waals surface area contributed by atoms with Gasteiger partial charge in [0.25, 0.3) is 5.91 Å². The number of amides is 1. The van der Waals surface area contributed by atoms with Crippen molar-refractivity contribution in [2.24, 2.45) is 5.10 Å². The number of methoxy groups -OCH3 is 1. The third-order valence-electron chi connectivity index (χ3n) is 4.50. The van der Waals surface area contributed by atoms with Crippen molar-refractivity contribution in [2.45, 2.75) is 20.4 Å². The fourth-order valence-electron chi connectivity index (χ4n) is 2.80. The smallest absolute Gasteiger partial charge is 0.292 e. The summed E-state index contributed by atoms with van der Waals surface area (Å²) in [6.45, 7) is 5.91. The zero-order chi connectivity index (χ0) is 22.4. The second kappa shape index (κ2) is 11.1. The molecule has 0 aliphatic carbocycles.